The van der Waals surface area contributed by atoms with Crippen LogP contribution in [-0.4, -0.2) is 37.6 Å². The van der Waals surface area contributed by atoms with Gasteiger partial charge in [-0.3, -0.25) is 4.79 Å². The smallest absolute Gasteiger partial charge is 0.230 e. The Morgan fingerprint density at radius 1 is 1.11 bits per heavy atom. The van der Waals surface area contributed by atoms with Gasteiger partial charge in [-0.05, 0) is 60.9 Å². The number of nitrogens with one attached hydrogen (secondary N) is 2. The first-order valence-corrected chi connectivity index (χ1v) is 14.1. The van der Waals surface area contributed by atoms with Crippen molar-refractivity contribution in [1.29, 1.82) is 0 Å². The molecule has 8 nitrogen and oxygen atoms in total. The van der Waals surface area contributed by atoms with Gasteiger partial charge in [0.2, 0.25) is 11.0 Å². The fourth-order valence-corrected chi connectivity index (χ4v) is 5.27. The summed E-state index contributed by atoms with van der Waals surface area (Å²) in [5.74, 6) is 0.623. The predicted octanol–water partition coefficient (Wildman–Crippen LogP) is 5.94. The molecule has 0 spiro atoms. The number of aliphatic hydroxyl groups is 1. The Morgan fingerprint density at radius 3 is 2.71 bits per heavy atom. The second kappa shape index (κ2) is 13.8. The number of unbranched alkanes of at least 4 members (excludes halogenated alkanes) is 1. The van der Waals surface area contributed by atoms with E-state index < -0.39 is 6.23 Å². The van der Waals surface area contributed by atoms with Crippen molar-refractivity contribution in [3.8, 4) is 0 Å². The minimum Gasteiger partial charge on any atom is -0.373 e. The van der Waals surface area contributed by atoms with Gasteiger partial charge in [0.05, 0.1) is 12.1 Å². The Labute approximate surface area is 236 Å². The van der Waals surface area contributed by atoms with Gasteiger partial charge in [0, 0.05) is 22.9 Å². The molecule has 4 rings (SSSR count). The SMILES string of the molecule is CC1CC=CC(CC(O)Nc2ccc(CCCCc3nnc(NC(=O)Cc4ccccc4Cl)s3)nn2)=C1Cl. The number of hydrogen-bond donors (Lipinski definition) is 3. The number of aromatic nitrogens is 4. The van der Waals surface area contributed by atoms with Crippen LogP contribution in [0.2, 0.25) is 5.02 Å². The van der Waals surface area contributed by atoms with Crippen LogP contribution in [0, 0.1) is 5.92 Å². The molecule has 3 N–H and O–H groups in total. The third-order valence-electron chi connectivity index (χ3n) is 6.09. The van der Waals surface area contributed by atoms with Crippen LogP contribution in [0.4, 0.5) is 10.9 Å². The summed E-state index contributed by atoms with van der Waals surface area (Å²) in [6, 6.07) is 11.0. The number of nitrogens with zero attached hydrogens (tertiary/aromatic N) is 4. The standard InChI is InChI=1S/C27H30Cl2N6O2S/c1-17-7-6-9-19(26(17)29)16-23(36)30-22-14-13-20(32-33-22)10-3-5-12-25-34-35-27(38-25)31-24(37)15-18-8-2-4-11-21(18)28/h2,4,6,8-9,11,13-14,17,23,36H,3,5,7,10,12,15-16H2,1H3,(H,30,33)(H,31,35,37). The Morgan fingerprint density at radius 2 is 1.92 bits per heavy atom. The molecular weight excluding hydrogens is 543 g/mol. The normalized spacial score (nSPS) is 15.9. The van der Waals surface area contributed by atoms with Gasteiger partial charge in [0.25, 0.3) is 0 Å². The second-order valence-electron chi connectivity index (χ2n) is 9.21. The minimum atomic E-state index is -0.799. The summed E-state index contributed by atoms with van der Waals surface area (Å²) < 4.78 is 0. The van der Waals surface area contributed by atoms with E-state index in [0.717, 1.165) is 59.0 Å². The van der Waals surface area contributed by atoms with E-state index in [9.17, 15) is 9.90 Å². The van der Waals surface area contributed by atoms with Crippen molar-refractivity contribution < 1.29 is 9.90 Å². The molecule has 0 radical (unpaired) electrons. The number of benzene rings is 1. The number of aliphatic hydroxyl groups excluding tert-OH is 1. The van der Waals surface area contributed by atoms with Crippen molar-refractivity contribution in [3.63, 3.8) is 0 Å². The molecule has 3 aromatic rings. The number of allylic oxidation sites excluding steroid dienone is 3. The average molecular weight is 574 g/mol. The molecule has 0 bridgehead atoms. The van der Waals surface area contributed by atoms with Gasteiger partial charge in [-0.1, -0.05) is 71.8 Å². The highest BCUT2D eigenvalue weighted by Gasteiger charge is 2.17. The maximum atomic E-state index is 12.3. The molecule has 0 aliphatic heterocycles. The molecule has 11 heteroatoms. The highest BCUT2D eigenvalue weighted by Crippen LogP contribution is 2.30. The highest BCUT2D eigenvalue weighted by molar-refractivity contribution is 7.15. The summed E-state index contributed by atoms with van der Waals surface area (Å²) >= 11 is 13.9. The van der Waals surface area contributed by atoms with Gasteiger partial charge in [0.1, 0.15) is 11.2 Å². The lowest BCUT2D eigenvalue weighted by molar-refractivity contribution is -0.115. The summed E-state index contributed by atoms with van der Waals surface area (Å²) in [6.07, 6.45) is 8.13. The number of rotatable bonds is 12. The molecule has 2 unspecified atom stereocenters. The number of halogens is 2. The molecule has 2 aromatic heterocycles. The first-order valence-electron chi connectivity index (χ1n) is 12.6. The van der Waals surface area contributed by atoms with E-state index in [1.54, 1.807) is 6.07 Å². The summed E-state index contributed by atoms with van der Waals surface area (Å²) in [6.45, 7) is 2.07. The summed E-state index contributed by atoms with van der Waals surface area (Å²) in [4.78, 5) is 12.3. The van der Waals surface area contributed by atoms with Crippen LogP contribution in [0.15, 0.2) is 59.2 Å². The monoisotopic (exact) mass is 572 g/mol. The van der Waals surface area contributed by atoms with Crippen LogP contribution in [0.25, 0.3) is 0 Å². The zero-order valence-corrected chi connectivity index (χ0v) is 23.4. The molecule has 200 valence electrons. The van der Waals surface area contributed by atoms with Crippen molar-refractivity contribution in [2.45, 2.75) is 58.1 Å². The maximum absolute atomic E-state index is 12.3. The van der Waals surface area contributed by atoms with E-state index in [4.69, 9.17) is 23.2 Å². The van der Waals surface area contributed by atoms with E-state index in [1.165, 1.54) is 11.3 Å². The molecule has 0 fully saturated rings. The van der Waals surface area contributed by atoms with Crippen molar-refractivity contribution in [1.82, 2.24) is 20.4 Å². The number of carbonyl (C=O) groups excluding carboxylic acids is 1. The van der Waals surface area contributed by atoms with Crippen LogP contribution >= 0.6 is 34.5 Å². The van der Waals surface area contributed by atoms with Crippen molar-refractivity contribution >= 4 is 51.4 Å². The molecular formula is C27H30Cl2N6O2S. The molecule has 0 saturated heterocycles. The molecule has 2 heterocycles. The number of hydrogen-bond acceptors (Lipinski definition) is 8. The van der Waals surface area contributed by atoms with E-state index >= 15 is 0 Å². The first kappa shape index (κ1) is 28.2. The van der Waals surface area contributed by atoms with E-state index in [2.05, 4.69) is 44.0 Å². The van der Waals surface area contributed by atoms with Crippen LogP contribution < -0.4 is 10.6 Å². The summed E-state index contributed by atoms with van der Waals surface area (Å²) in [5.41, 5.74) is 2.59. The van der Waals surface area contributed by atoms with E-state index in [1.807, 2.05) is 36.4 Å². The van der Waals surface area contributed by atoms with Crippen molar-refractivity contribution in [3.05, 3.63) is 80.4 Å². The second-order valence-corrected chi connectivity index (χ2v) is 11.1. The van der Waals surface area contributed by atoms with Gasteiger partial charge in [-0.15, -0.1) is 15.3 Å². The zero-order valence-electron chi connectivity index (χ0n) is 21.0. The minimum absolute atomic E-state index is 0.175. The Balaban J connectivity index is 1.16. The fourth-order valence-electron chi connectivity index (χ4n) is 4.05. The van der Waals surface area contributed by atoms with Gasteiger partial charge in [0.15, 0.2) is 5.82 Å². The Bertz CT molecular complexity index is 1290. The Hall–Kier alpha value is -2.85. The Kier molecular flexibility index (Phi) is 10.2. The summed E-state index contributed by atoms with van der Waals surface area (Å²) in [7, 11) is 0. The molecule has 1 aliphatic rings. The fraction of sp³-hybridized carbons (Fsp3) is 0.370. The number of carbonyl (C=O) groups is 1. The lowest BCUT2D eigenvalue weighted by atomic mass is 9.95. The molecule has 1 aliphatic carbocycles. The van der Waals surface area contributed by atoms with Crippen LogP contribution in [0.5, 0.6) is 0 Å². The lowest BCUT2D eigenvalue weighted by Crippen LogP contribution is -2.21. The third-order valence-corrected chi connectivity index (χ3v) is 7.97. The van der Waals surface area contributed by atoms with Crippen molar-refractivity contribution in [2.24, 2.45) is 5.92 Å². The molecule has 2 atom stereocenters. The van der Waals surface area contributed by atoms with Gasteiger partial charge >= 0.3 is 0 Å². The van der Waals surface area contributed by atoms with Crippen LogP contribution in [0.1, 0.15) is 48.9 Å². The predicted molar refractivity (Wildman–Crippen MR) is 152 cm³/mol. The third kappa shape index (κ3) is 8.33. The van der Waals surface area contributed by atoms with Gasteiger partial charge in [-0.2, -0.15) is 5.10 Å². The molecule has 1 amide bonds. The number of anilines is 2. The lowest BCUT2D eigenvalue weighted by Gasteiger charge is -2.20. The zero-order chi connectivity index (χ0) is 26.9. The topological polar surface area (TPSA) is 113 Å². The molecule has 0 saturated carbocycles. The number of aryl methyl sites for hydroxylation is 2. The van der Waals surface area contributed by atoms with Gasteiger partial charge < -0.3 is 15.7 Å². The van der Waals surface area contributed by atoms with Gasteiger partial charge in [-0.25, -0.2) is 0 Å². The maximum Gasteiger partial charge on any atom is 0.230 e. The molecule has 1 aromatic carbocycles. The largest absolute Gasteiger partial charge is 0.373 e. The quantitative estimate of drug-likeness (QED) is 0.182. The van der Waals surface area contributed by atoms with Crippen LogP contribution in [0.3, 0.4) is 0 Å². The molecule has 38 heavy (non-hydrogen) atoms. The first-order chi connectivity index (χ1) is 18.4. The number of amides is 1. The summed E-state index contributed by atoms with van der Waals surface area (Å²) in [5, 5.41) is 35.6. The van der Waals surface area contributed by atoms with Crippen LogP contribution in [-0.2, 0) is 24.1 Å². The van der Waals surface area contributed by atoms with E-state index in [-0.39, 0.29) is 18.2 Å². The highest BCUT2D eigenvalue weighted by atomic mass is 35.5. The van der Waals surface area contributed by atoms with Crippen molar-refractivity contribution in [2.75, 3.05) is 10.6 Å². The van der Waals surface area contributed by atoms with E-state index in [0.29, 0.717) is 22.4 Å². The average Bonchev–Trinajstić information content (AvgIpc) is 3.34.